The number of nitrogens with zero attached hydrogens (tertiary/aromatic N) is 1. The molecule has 1 spiro atoms. The Hall–Kier alpha value is -1.01. The molecule has 0 amide bonds. The second-order valence-electron chi connectivity index (χ2n) is 5.80. The van der Waals surface area contributed by atoms with E-state index in [1.807, 2.05) is 0 Å². The number of ether oxygens (including phenoxy) is 1. The van der Waals surface area contributed by atoms with Crippen molar-refractivity contribution in [3.63, 3.8) is 0 Å². The molecule has 1 aromatic rings. The van der Waals surface area contributed by atoms with E-state index in [0.29, 0.717) is 10.4 Å². The minimum Gasteiger partial charge on any atom is -0.383 e. The summed E-state index contributed by atoms with van der Waals surface area (Å²) in [5.74, 6) is 0.288. The van der Waals surface area contributed by atoms with Crippen LogP contribution >= 0.6 is 11.8 Å². The van der Waals surface area contributed by atoms with E-state index in [0.717, 1.165) is 19.4 Å². The molecule has 1 aromatic heterocycles. The number of thioether (sulfide) groups is 1. The number of aromatic amines is 1. The van der Waals surface area contributed by atoms with Crippen LogP contribution in [0, 0.1) is 0 Å². The van der Waals surface area contributed by atoms with Gasteiger partial charge in [0.05, 0.1) is 5.60 Å². The van der Waals surface area contributed by atoms with Crippen LogP contribution in [0.4, 0.5) is 5.82 Å². The maximum absolute atomic E-state index is 11.4. The first-order valence-corrected chi connectivity index (χ1v) is 8.21. The molecule has 5 nitrogen and oxygen atoms in total. The highest BCUT2D eigenvalue weighted by Crippen LogP contribution is 2.42. The second kappa shape index (κ2) is 5.77. The molecule has 20 heavy (non-hydrogen) atoms. The van der Waals surface area contributed by atoms with Gasteiger partial charge in [-0.15, -0.1) is 0 Å². The highest BCUT2D eigenvalue weighted by molar-refractivity contribution is 7.99. The van der Waals surface area contributed by atoms with Gasteiger partial charge in [0.2, 0.25) is 0 Å². The van der Waals surface area contributed by atoms with E-state index in [4.69, 9.17) is 10.5 Å². The summed E-state index contributed by atoms with van der Waals surface area (Å²) in [4.78, 5) is 18.4. The maximum atomic E-state index is 11.4. The van der Waals surface area contributed by atoms with Crippen molar-refractivity contribution in [3.8, 4) is 0 Å². The van der Waals surface area contributed by atoms with E-state index >= 15 is 0 Å². The topological polar surface area (TPSA) is 81.0 Å². The number of nitrogen functional groups attached to an aromatic ring is 1. The molecule has 110 valence electrons. The van der Waals surface area contributed by atoms with Gasteiger partial charge in [-0.2, -0.15) is 0 Å². The van der Waals surface area contributed by atoms with Gasteiger partial charge in [-0.3, -0.25) is 4.79 Å². The molecule has 0 bridgehead atoms. The minimum absolute atomic E-state index is 0.0782. The number of H-pyrrole nitrogens is 1. The molecular weight excluding hydrogens is 274 g/mol. The van der Waals surface area contributed by atoms with Gasteiger partial charge in [0, 0.05) is 17.9 Å². The lowest BCUT2D eigenvalue weighted by Crippen LogP contribution is -2.42. The molecule has 2 fully saturated rings. The van der Waals surface area contributed by atoms with Gasteiger partial charge in [0.1, 0.15) is 5.82 Å². The predicted molar refractivity (Wildman–Crippen MR) is 79.9 cm³/mol. The Morgan fingerprint density at radius 1 is 1.40 bits per heavy atom. The smallest absolute Gasteiger partial charge is 0.253 e. The summed E-state index contributed by atoms with van der Waals surface area (Å²) in [6, 6.07) is 1.32. The van der Waals surface area contributed by atoms with E-state index in [1.165, 1.54) is 38.2 Å². The van der Waals surface area contributed by atoms with Gasteiger partial charge in [-0.05, 0) is 25.7 Å². The van der Waals surface area contributed by atoms with Crippen LogP contribution in [0.25, 0.3) is 0 Å². The largest absolute Gasteiger partial charge is 0.383 e. The number of hydrogen-bond acceptors (Lipinski definition) is 5. The zero-order chi connectivity index (χ0) is 14.0. The van der Waals surface area contributed by atoms with Gasteiger partial charge in [-0.1, -0.05) is 31.0 Å². The van der Waals surface area contributed by atoms with E-state index in [2.05, 4.69) is 9.97 Å². The average Bonchev–Trinajstić information content (AvgIpc) is 2.38. The molecule has 0 aromatic carbocycles. The fourth-order valence-electron chi connectivity index (χ4n) is 3.29. The molecule has 3 N–H and O–H groups in total. The minimum atomic E-state index is -0.181. The molecule has 1 unspecified atom stereocenters. The molecule has 1 atom stereocenters. The number of rotatable bonds is 2. The van der Waals surface area contributed by atoms with Crippen molar-refractivity contribution in [1.29, 1.82) is 0 Å². The van der Waals surface area contributed by atoms with Crippen molar-refractivity contribution in [2.45, 2.75) is 61.0 Å². The average molecular weight is 295 g/mol. The van der Waals surface area contributed by atoms with Crippen molar-refractivity contribution >= 4 is 17.6 Å². The van der Waals surface area contributed by atoms with E-state index < -0.39 is 0 Å². The van der Waals surface area contributed by atoms with Crippen LogP contribution < -0.4 is 11.3 Å². The Bertz CT molecular complexity index is 520. The Balaban J connectivity index is 1.69. The van der Waals surface area contributed by atoms with Gasteiger partial charge in [-0.25, -0.2) is 4.98 Å². The summed E-state index contributed by atoms with van der Waals surface area (Å²) in [7, 11) is 0. The zero-order valence-corrected chi connectivity index (χ0v) is 12.4. The summed E-state index contributed by atoms with van der Waals surface area (Å²) in [6.45, 7) is 0.810. The fraction of sp³-hybridized carbons (Fsp3) is 0.714. The normalized spacial score (nSPS) is 25.7. The van der Waals surface area contributed by atoms with Crippen LogP contribution in [-0.4, -0.2) is 27.4 Å². The molecule has 2 heterocycles. The van der Waals surface area contributed by atoms with Gasteiger partial charge in [0.15, 0.2) is 5.16 Å². The first-order chi connectivity index (χ1) is 9.65. The van der Waals surface area contributed by atoms with Crippen LogP contribution in [0.15, 0.2) is 16.0 Å². The molecule has 3 rings (SSSR count). The standard InChI is InChI=1S/C14H21N3O2S/c15-11-8-12(18)17-13(16-11)20-10-4-7-19-14(9-10)5-2-1-3-6-14/h8,10H,1-7,9H2,(H3,15,16,17,18). The lowest BCUT2D eigenvalue weighted by Gasteiger charge is -2.43. The highest BCUT2D eigenvalue weighted by Gasteiger charge is 2.38. The van der Waals surface area contributed by atoms with Crippen LogP contribution in [0.3, 0.4) is 0 Å². The van der Waals surface area contributed by atoms with Gasteiger partial charge >= 0.3 is 0 Å². The lowest BCUT2D eigenvalue weighted by molar-refractivity contribution is -0.0971. The molecule has 1 aliphatic heterocycles. The summed E-state index contributed by atoms with van der Waals surface area (Å²) >= 11 is 1.63. The second-order valence-corrected chi connectivity index (χ2v) is 7.09. The third-order valence-electron chi connectivity index (χ3n) is 4.23. The fourth-order valence-corrected chi connectivity index (χ4v) is 4.53. The van der Waals surface area contributed by atoms with Crippen molar-refractivity contribution in [3.05, 3.63) is 16.4 Å². The highest BCUT2D eigenvalue weighted by atomic mass is 32.2. The van der Waals surface area contributed by atoms with Gasteiger partial charge < -0.3 is 15.5 Å². The molecule has 1 saturated heterocycles. The first-order valence-electron chi connectivity index (χ1n) is 7.33. The predicted octanol–water partition coefficient (Wildman–Crippen LogP) is 2.33. The number of nitrogens with one attached hydrogen (secondary N) is 1. The van der Waals surface area contributed by atoms with Crippen LogP contribution in [-0.2, 0) is 4.74 Å². The Kier molecular flexibility index (Phi) is 4.03. The molecule has 1 aliphatic carbocycles. The molecule has 2 aliphatic rings. The number of anilines is 1. The van der Waals surface area contributed by atoms with Crippen LogP contribution in [0.2, 0.25) is 0 Å². The first kappa shape index (κ1) is 13.9. The van der Waals surface area contributed by atoms with Gasteiger partial charge in [0.25, 0.3) is 5.56 Å². The third-order valence-corrected chi connectivity index (χ3v) is 5.38. The Morgan fingerprint density at radius 3 is 2.95 bits per heavy atom. The van der Waals surface area contributed by atoms with Crippen LogP contribution in [0.5, 0.6) is 0 Å². The van der Waals surface area contributed by atoms with Crippen molar-refractivity contribution in [1.82, 2.24) is 9.97 Å². The summed E-state index contributed by atoms with van der Waals surface area (Å²) in [5.41, 5.74) is 5.53. The lowest BCUT2D eigenvalue weighted by atomic mass is 9.80. The summed E-state index contributed by atoms with van der Waals surface area (Å²) in [6.07, 6.45) is 8.26. The Morgan fingerprint density at radius 2 is 2.20 bits per heavy atom. The third kappa shape index (κ3) is 3.17. The van der Waals surface area contributed by atoms with Crippen molar-refractivity contribution < 1.29 is 4.74 Å². The molecule has 6 heteroatoms. The summed E-state index contributed by atoms with van der Waals surface area (Å²) < 4.78 is 6.09. The van der Waals surface area contributed by atoms with Crippen molar-refractivity contribution in [2.24, 2.45) is 0 Å². The number of hydrogen-bond donors (Lipinski definition) is 2. The molecule has 1 saturated carbocycles. The SMILES string of the molecule is Nc1cc(=O)[nH]c(SC2CCOC3(CCCCC3)C2)n1. The maximum Gasteiger partial charge on any atom is 0.253 e. The van der Waals surface area contributed by atoms with E-state index in [-0.39, 0.29) is 17.0 Å². The number of nitrogens with two attached hydrogens (primary N) is 1. The van der Waals surface area contributed by atoms with Crippen molar-refractivity contribution in [2.75, 3.05) is 12.3 Å². The molecular formula is C14H21N3O2S. The van der Waals surface area contributed by atoms with E-state index in [9.17, 15) is 4.79 Å². The monoisotopic (exact) mass is 295 g/mol. The number of aromatic nitrogens is 2. The quantitative estimate of drug-likeness (QED) is 0.818. The van der Waals surface area contributed by atoms with Crippen LogP contribution in [0.1, 0.15) is 44.9 Å². The summed E-state index contributed by atoms with van der Waals surface area (Å²) in [5, 5.41) is 1.08. The van der Waals surface area contributed by atoms with E-state index in [1.54, 1.807) is 11.8 Å². The Labute approximate surface area is 122 Å². The molecule has 0 radical (unpaired) electrons. The zero-order valence-electron chi connectivity index (χ0n) is 11.6.